The highest BCUT2D eigenvalue weighted by Gasteiger charge is 2.43. The lowest BCUT2D eigenvalue weighted by Crippen LogP contribution is -2.63. The summed E-state index contributed by atoms with van der Waals surface area (Å²) in [6.45, 7) is 35.6. The fourth-order valence-electron chi connectivity index (χ4n) is 10.7. The summed E-state index contributed by atoms with van der Waals surface area (Å²) in [5.74, 6) is 2.69. The van der Waals surface area contributed by atoms with Crippen LogP contribution < -0.4 is 25.8 Å². The molecule has 0 unspecified atom stereocenters. The molecule has 0 saturated carbocycles. The van der Waals surface area contributed by atoms with Gasteiger partial charge >= 0.3 is 0 Å². The van der Waals surface area contributed by atoms with Crippen LogP contribution in [-0.4, -0.2) is 91.3 Å². The summed E-state index contributed by atoms with van der Waals surface area (Å²) in [5, 5.41) is 11.8. The van der Waals surface area contributed by atoms with E-state index >= 15 is 0 Å². The maximum absolute atomic E-state index is 5.57. The van der Waals surface area contributed by atoms with E-state index in [1.807, 2.05) is 0 Å². The van der Waals surface area contributed by atoms with Crippen LogP contribution >= 0.6 is 0 Å². The summed E-state index contributed by atoms with van der Waals surface area (Å²) in [4.78, 5) is 24.3. The molecule has 3 fully saturated rings. The van der Waals surface area contributed by atoms with E-state index in [0.29, 0.717) is 18.1 Å². The van der Waals surface area contributed by atoms with Gasteiger partial charge in [-0.3, -0.25) is 4.90 Å². The van der Waals surface area contributed by atoms with Crippen LogP contribution in [0, 0.1) is 0 Å². The number of anilines is 2. The molecule has 0 aliphatic carbocycles. The number of aromatic nitrogens is 3. The van der Waals surface area contributed by atoms with Gasteiger partial charge in [0.15, 0.2) is 0 Å². The number of nitrogens with zero attached hydrogens (tertiary/aromatic N) is 6. The molecule has 0 radical (unpaired) electrons. The Morgan fingerprint density at radius 3 is 1.21 bits per heavy atom. The summed E-state index contributed by atoms with van der Waals surface area (Å²) < 4.78 is 0. The van der Waals surface area contributed by atoms with Gasteiger partial charge in [0.05, 0.1) is 6.54 Å². The van der Waals surface area contributed by atoms with Gasteiger partial charge in [-0.1, -0.05) is 46.0 Å². The second-order valence-electron chi connectivity index (χ2n) is 21.3. The monoisotopic (exact) mass is 726 g/mol. The first-order valence-corrected chi connectivity index (χ1v) is 21.3. The van der Waals surface area contributed by atoms with Crippen molar-refractivity contribution in [3.63, 3.8) is 0 Å². The molecule has 300 valence electrons. The van der Waals surface area contributed by atoms with Crippen molar-refractivity contribution in [1.29, 1.82) is 0 Å². The quantitative estimate of drug-likeness (QED) is 0.145. The number of rotatable bonds is 16. The van der Waals surface area contributed by atoms with E-state index in [2.05, 4.69) is 135 Å². The van der Waals surface area contributed by atoms with Crippen LogP contribution in [0.2, 0.25) is 0 Å². The Morgan fingerprint density at radius 1 is 0.481 bits per heavy atom. The first-order valence-electron chi connectivity index (χ1n) is 21.3. The molecule has 3 aliphatic rings. The molecule has 3 N–H and O–H groups in total. The average molecular weight is 726 g/mol. The van der Waals surface area contributed by atoms with Crippen LogP contribution in [0.3, 0.4) is 0 Å². The van der Waals surface area contributed by atoms with Crippen LogP contribution in [0.25, 0.3) is 0 Å². The molecule has 52 heavy (non-hydrogen) atoms. The molecule has 0 aromatic carbocycles. The Hall–Kier alpha value is -1.55. The van der Waals surface area contributed by atoms with Crippen molar-refractivity contribution in [3.05, 3.63) is 5.82 Å². The smallest absolute Gasteiger partial charge is 0.230 e. The fourth-order valence-corrected chi connectivity index (χ4v) is 10.7. The molecule has 3 saturated heterocycles. The Bertz CT molecular complexity index is 1240. The largest absolute Gasteiger partial charge is 0.338 e. The number of nitrogens with one attached hydrogen (secondary N) is 3. The Kier molecular flexibility index (Phi) is 13.8. The highest BCUT2D eigenvalue weighted by atomic mass is 15.4. The van der Waals surface area contributed by atoms with Crippen LogP contribution in [0.4, 0.5) is 11.9 Å². The third kappa shape index (κ3) is 12.5. The average Bonchev–Trinajstić information content (AvgIpc) is 2.94. The highest BCUT2D eigenvalue weighted by Crippen LogP contribution is 2.37. The van der Waals surface area contributed by atoms with Crippen molar-refractivity contribution in [2.24, 2.45) is 0 Å². The first-order chi connectivity index (χ1) is 23.9. The van der Waals surface area contributed by atoms with Crippen molar-refractivity contribution in [3.8, 4) is 0 Å². The Labute approximate surface area is 321 Å². The van der Waals surface area contributed by atoms with Crippen LogP contribution in [-0.2, 0) is 6.54 Å². The molecule has 9 heteroatoms. The van der Waals surface area contributed by atoms with Crippen molar-refractivity contribution in [2.45, 2.75) is 238 Å². The summed E-state index contributed by atoms with van der Waals surface area (Å²) in [6.07, 6.45) is 15.0. The van der Waals surface area contributed by atoms with Crippen molar-refractivity contribution in [2.75, 3.05) is 29.9 Å². The second kappa shape index (κ2) is 16.7. The molecule has 4 heterocycles. The van der Waals surface area contributed by atoms with Gasteiger partial charge in [0.25, 0.3) is 0 Å². The molecule has 1 aromatic rings. The maximum Gasteiger partial charge on any atom is 0.230 e. The molecular formula is C43H83N9. The molecule has 0 atom stereocenters. The minimum absolute atomic E-state index is 0.0276. The van der Waals surface area contributed by atoms with Gasteiger partial charge in [-0.2, -0.15) is 15.0 Å². The van der Waals surface area contributed by atoms with Gasteiger partial charge in [0, 0.05) is 64.4 Å². The predicted octanol–water partition coefficient (Wildman–Crippen LogP) is 8.61. The second-order valence-corrected chi connectivity index (χ2v) is 21.3. The molecular weight excluding hydrogens is 643 g/mol. The molecule has 1 aromatic heterocycles. The third-order valence-electron chi connectivity index (χ3n) is 11.8. The predicted molar refractivity (Wildman–Crippen MR) is 223 cm³/mol. The first kappa shape index (κ1) is 43.2. The Balaban J connectivity index is 1.82. The minimum atomic E-state index is 0.0276. The van der Waals surface area contributed by atoms with Gasteiger partial charge in [0.2, 0.25) is 11.9 Å². The van der Waals surface area contributed by atoms with E-state index in [0.717, 1.165) is 95.1 Å². The van der Waals surface area contributed by atoms with Crippen molar-refractivity contribution < 1.29 is 0 Å². The topological polar surface area (TPSA) is 84.5 Å². The third-order valence-corrected chi connectivity index (χ3v) is 11.8. The van der Waals surface area contributed by atoms with Gasteiger partial charge < -0.3 is 25.8 Å². The van der Waals surface area contributed by atoms with E-state index in [9.17, 15) is 0 Å². The zero-order chi connectivity index (χ0) is 38.8. The molecule has 0 spiro atoms. The van der Waals surface area contributed by atoms with Crippen LogP contribution in [0.15, 0.2) is 0 Å². The number of hydrogen-bond acceptors (Lipinski definition) is 9. The van der Waals surface area contributed by atoms with Gasteiger partial charge in [0.1, 0.15) is 5.82 Å². The number of hydrogen-bond donors (Lipinski definition) is 3. The minimum Gasteiger partial charge on any atom is -0.338 e. The van der Waals surface area contributed by atoms with E-state index in [-0.39, 0.29) is 33.2 Å². The van der Waals surface area contributed by atoms with E-state index in [1.54, 1.807) is 0 Å². The van der Waals surface area contributed by atoms with Gasteiger partial charge in [-0.25, -0.2) is 0 Å². The lowest BCUT2D eigenvalue weighted by atomic mass is 9.79. The summed E-state index contributed by atoms with van der Waals surface area (Å²) >= 11 is 0. The van der Waals surface area contributed by atoms with E-state index < -0.39 is 0 Å². The maximum atomic E-state index is 5.57. The SMILES string of the molecule is CCCCCCCN(c1nc(CN(C)C2CC(C)(C)NC(C)(C)C2)nc(N(CCCC)C2CC(C)(C)NC(C)(C)C2)n1)C1CC(C)(C)NC(C)(C)C1. The molecule has 0 amide bonds. The molecule has 9 nitrogen and oxygen atoms in total. The lowest BCUT2D eigenvalue weighted by molar-refractivity contribution is 0.0762. The van der Waals surface area contributed by atoms with Gasteiger partial charge in [-0.05, 0) is 141 Å². The summed E-state index contributed by atoms with van der Waals surface area (Å²) in [7, 11) is 2.29. The summed E-state index contributed by atoms with van der Waals surface area (Å²) in [5.41, 5.74) is 0.262. The fraction of sp³-hybridized carbons (Fsp3) is 0.930. The molecule has 0 bridgehead atoms. The standard InChI is InChI=1S/C43H83N9/c1-16-18-20-21-22-24-52(34-29-42(11,12)49-43(13,14)30-34)37-45-35(31-50(15)32-25-38(3,4)47-39(5,6)26-32)44-36(46-37)51(23-19-17-2)33-27-40(7,8)48-41(9,10)28-33/h32-34,47-49H,16-31H2,1-15H3. The Morgan fingerprint density at radius 2 is 0.827 bits per heavy atom. The highest BCUT2D eigenvalue weighted by molar-refractivity contribution is 5.42. The zero-order valence-corrected chi connectivity index (χ0v) is 36.7. The lowest BCUT2D eigenvalue weighted by Gasteiger charge is -2.50. The van der Waals surface area contributed by atoms with Crippen molar-refractivity contribution in [1.82, 2.24) is 35.8 Å². The van der Waals surface area contributed by atoms with Crippen LogP contribution in [0.1, 0.15) is 186 Å². The van der Waals surface area contributed by atoms with E-state index in [1.165, 1.54) is 25.7 Å². The number of unbranched alkanes of at least 4 members (excludes halogenated alkanes) is 5. The molecule has 3 aliphatic heterocycles. The van der Waals surface area contributed by atoms with Crippen molar-refractivity contribution >= 4 is 11.9 Å². The zero-order valence-electron chi connectivity index (χ0n) is 36.7. The molecule has 4 rings (SSSR count). The number of piperidine rings is 3. The van der Waals surface area contributed by atoms with Gasteiger partial charge in [-0.15, -0.1) is 0 Å². The normalized spacial score (nSPS) is 24.2. The summed E-state index contributed by atoms with van der Waals surface area (Å²) in [6, 6.07) is 1.15. The van der Waals surface area contributed by atoms with Crippen LogP contribution in [0.5, 0.6) is 0 Å². The van der Waals surface area contributed by atoms with E-state index in [4.69, 9.17) is 15.0 Å².